The molecule has 0 fully saturated rings. The van der Waals surface area contributed by atoms with Crippen LogP contribution in [0.3, 0.4) is 0 Å². The molecule has 0 saturated carbocycles. The van der Waals surface area contributed by atoms with Crippen LogP contribution in [0.5, 0.6) is 0 Å². The van der Waals surface area contributed by atoms with E-state index in [1.165, 1.54) is 19.4 Å². The molecule has 118 valence electrons. The first-order valence-electron chi connectivity index (χ1n) is 6.71. The SMILES string of the molecule is CCCCCCn1cc(C(=O)C(Cl)(Cl)Cl)cc1C(=O)OC. The van der Waals surface area contributed by atoms with Crippen LogP contribution in [0, 0.1) is 0 Å². The maximum absolute atomic E-state index is 12.0. The normalized spacial score (nSPS) is 11.5. The number of methoxy groups -OCH3 is 1. The van der Waals surface area contributed by atoms with Gasteiger partial charge < -0.3 is 9.30 Å². The van der Waals surface area contributed by atoms with E-state index in [1.807, 2.05) is 0 Å². The number of ether oxygens (including phenoxy) is 1. The lowest BCUT2D eigenvalue weighted by atomic mass is 10.2. The summed E-state index contributed by atoms with van der Waals surface area (Å²) < 4.78 is 4.34. The van der Waals surface area contributed by atoms with Crippen molar-refractivity contribution in [3.8, 4) is 0 Å². The zero-order valence-electron chi connectivity index (χ0n) is 12.0. The molecule has 4 nitrogen and oxygen atoms in total. The maximum atomic E-state index is 12.0. The Labute approximate surface area is 139 Å². The summed E-state index contributed by atoms with van der Waals surface area (Å²) in [5.41, 5.74) is 0.470. The van der Waals surface area contributed by atoms with Gasteiger partial charge in [0.1, 0.15) is 5.69 Å². The van der Waals surface area contributed by atoms with Gasteiger partial charge in [-0.25, -0.2) is 4.79 Å². The van der Waals surface area contributed by atoms with Gasteiger partial charge in [0.05, 0.1) is 7.11 Å². The quantitative estimate of drug-likeness (QED) is 0.315. The van der Waals surface area contributed by atoms with Crippen LogP contribution in [0.2, 0.25) is 0 Å². The van der Waals surface area contributed by atoms with E-state index < -0.39 is 15.5 Å². The Morgan fingerprint density at radius 3 is 2.43 bits per heavy atom. The van der Waals surface area contributed by atoms with E-state index in [1.54, 1.807) is 4.57 Å². The second-order valence-corrected chi connectivity index (χ2v) is 6.97. The van der Waals surface area contributed by atoms with Gasteiger partial charge in [-0.3, -0.25) is 4.79 Å². The third kappa shape index (κ3) is 5.20. The van der Waals surface area contributed by atoms with Crippen LogP contribution in [0.4, 0.5) is 0 Å². The van der Waals surface area contributed by atoms with Crippen LogP contribution in [-0.2, 0) is 11.3 Å². The maximum Gasteiger partial charge on any atom is 0.354 e. The molecule has 0 unspecified atom stereocenters. The summed E-state index contributed by atoms with van der Waals surface area (Å²) >= 11 is 16.8. The Morgan fingerprint density at radius 1 is 1.24 bits per heavy atom. The summed E-state index contributed by atoms with van der Waals surface area (Å²) in [5.74, 6) is -1.18. The van der Waals surface area contributed by atoms with Crippen LogP contribution in [0.15, 0.2) is 12.3 Å². The van der Waals surface area contributed by atoms with E-state index in [0.717, 1.165) is 25.7 Å². The molecule has 7 heteroatoms. The number of Topliss-reactive ketones (excluding diaryl/α,β-unsaturated/α-hetero) is 1. The van der Waals surface area contributed by atoms with Crippen molar-refractivity contribution in [1.82, 2.24) is 4.57 Å². The minimum absolute atomic E-state index is 0.186. The third-order valence-corrected chi connectivity index (χ3v) is 3.58. The van der Waals surface area contributed by atoms with Crippen molar-refractivity contribution in [3.63, 3.8) is 0 Å². The molecule has 0 atom stereocenters. The first kappa shape index (κ1) is 18.3. The second-order valence-electron chi connectivity index (χ2n) is 4.69. The van der Waals surface area contributed by atoms with Crippen molar-refractivity contribution < 1.29 is 14.3 Å². The zero-order chi connectivity index (χ0) is 16.0. The number of unbranched alkanes of at least 4 members (excludes halogenated alkanes) is 3. The molecule has 0 aliphatic rings. The lowest BCUT2D eigenvalue weighted by Gasteiger charge is -2.07. The number of nitrogens with zero attached hydrogens (tertiary/aromatic N) is 1. The highest BCUT2D eigenvalue weighted by Crippen LogP contribution is 2.31. The summed E-state index contributed by atoms with van der Waals surface area (Å²) in [6, 6.07) is 1.40. The molecule has 0 amide bonds. The van der Waals surface area contributed by atoms with E-state index in [2.05, 4.69) is 6.92 Å². The fourth-order valence-corrected chi connectivity index (χ4v) is 2.29. The Morgan fingerprint density at radius 2 is 1.90 bits per heavy atom. The third-order valence-electron chi connectivity index (χ3n) is 3.06. The molecule has 1 aromatic heterocycles. The van der Waals surface area contributed by atoms with E-state index in [9.17, 15) is 9.59 Å². The number of alkyl halides is 3. The van der Waals surface area contributed by atoms with Gasteiger partial charge >= 0.3 is 5.97 Å². The smallest absolute Gasteiger partial charge is 0.354 e. The number of ketones is 1. The van der Waals surface area contributed by atoms with Crippen LogP contribution < -0.4 is 0 Å². The van der Waals surface area contributed by atoms with Crippen molar-refractivity contribution in [2.45, 2.75) is 42.9 Å². The summed E-state index contributed by atoms with van der Waals surface area (Å²) in [5, 5.41) is 0. The lowest BCUT2D eigenvalue weighted by molar-refractivity contribution is 0.0588. The molecule has 0 radical (unpaired) electrons. The van der Waals surface area contributed by atoms with E-state index in [4.69, 9.17) is 39.5 Å². The minimum atomic E-state index is -2.04. The highest BCUT2D eigenvalue weighted by molar-refractivity contribution is 6.77. The van der Waals surface area contributed by atoms with Gasteiger partial charge in [0, 0.05) is 18.3 Å². The first-order valence-corrected chi connectivity index (χ1v) is 7.84. The second kappa shape index (κ2) is 8.06. The van der Waals surface area contributed by atoms with Gasteiger partial charge in [0.15, 0.2) is 0 Å². The standard InChI is InChI=1S/C14H18Cl3NO3/c1-3-4-5-6-7-18-9-10(12(19)14(15,16)17)8-11(18)13(20)21-2/h8-9H,3-7H2,1-2H3. The highest BCUT2D eigenvalue weighted by Gasteiger charge is 2.33. The molecule has 0 aliphatic carbocycles. The van der Waals surface area contributed by atoms with Crippen LogP contribution in [-0.4, -0.2) is 27.2 Å². The van der Waals surface area contributed by atoms with Gasteiger partial charge in [-0.1, -0.05) is 61.0 Å². The summed E-state index contributed by atoms with van der Waals surface area (Å²) in [7, 11) is 1.28. The molecule has 1 heterocycles. The average molecular weight is 355 g/mol. The molecular formula is C14H18Cl3NO3. The monoisotopic (exact) mass is 353 g/mol. The predicted octanol–water partition coefficient (Wildman–Crippen LogP) is 4.41. The number of hydrogen-bond donors (Lipinski definition) is 0. The number of aromatic nitrogens is 1. The Kier molecular flexibility index (Phi) is 7.04. The van der Waals surface area contributed by atoms with Gasteiger partial charge in [-0.05, 0) is 12.5 Å². The molecule has 21 heavy (non-hydrogen) atoms. The average Bonchev–Trinajstić information content (AvgIpc) is 2.84. The molecule has 1 rings (SSSR count). The molecule has 0 spiro atoms. The molecule has 1 aromatic rings. The molecule has 0 saturated heterocycles. The number of halogens is 3. The number of esters is 1. The van der Waals surface area contributed by atoms with Gasteiger partial charge in [-0.15, -0.1) is 0 Å². The van der Waals surface area contributed by atoms with E-state index >= 15 is 0 Å². The van der Waals surface area contributed by atoms with Crippen LogP contribution in [0.1, 0.15) is 53.5 Å². The fraction of sp³-hybridized carbons (Fsp3) is 0.571. The van der Waals surface area contributed by atoms with E-state index in [0.29, 0.717) is 6.54 Å². The van der Waals surface area contributed by atoms with Crippen LogP contribution in [0.25, 0.3) is 0 Å². The lowest BCUT2D eigenvalue weighted by Crippen LogP contribution is -2.18. The van der Waals surface area contributed by atoms with Crippen LogP contribution >= 0.6 is 34.8 Å². The van der Waals surface area contributed by atoms with E-state index in [-0.39, 0.29) is 11.3 Å². The topological polar surface area (TPSA) is 48.3 Å². The van der Waals surface area contributed by atoms with Crippen molar-refractivity contribution in [2.75, 3.05) is 7.11 Å². The predicted molar refractivity (Wildman–Crippen MR) is 84.5 cm³/mol. The Bertz CT molecular complexity index is 506. The number of rotatable bonds is 7. The highest BCUT2D eigenvalue weighted by atomic mass is 35.6. The van der Waals surface area contributed by atoms with Gasteiger partial charge in [0.2, 0.25) is 5.78 Å². The first-order chi connectivity index (χ1) is 9.81. The Hall–Kier alpha value is -0.710. The zero-order valence-corrected chi connectivity index (χ0v) is 14.3. The summed E-state index contributed by atoms with van der Waals surface area (Å²) in [4.78, 5) is 23.7. The number of aryl methyl sites for hydroxylation is 1. The number of carbonyl (C=O) groups excluding carboxylic acids is 2. The number of carbonyl (C=O) groups is 2. The largest absolute Gasteiger partial charge is 0.464 e. The molecule has 0 aromatic carbocycles. The summed E-state index contributed by atoms with van der Waals surface area (Å²) in [6.07, 6.45) is 5.71. The van der Waals surface area contributed by atoms with Crippen molar-refractivity contribution in [2.24, 2.45) is 0 Å². The number of hydrogen-bond acceptors (Lipinski definition) is 3. The molecule has 0 N–H and O–H groups in total. The minimum Gasteiger partial charge on any atom is -0.464 e. The molecule has 0 bridgehead atoms. The van der Waals surface area contributed by atoms with Crippen molar-refractivity contribution >= 4 is 46.6 Å². The fourth-order valence-electron chi connectivity index (χ4n) is 1.97. The molecule has 0 aliphatic heterocycles. The van der Waals surface area contributed by atoms with Gasteiger partial charge in [0.25, 0.3) is 3.79 Å². The molecular weight excluding hydrogens is 337 g/mol. The Balaban J connectivity index is 2.96. The van der Waals surface area contributed by atoms with Gasteiger partial charge in [-0.2, -0.15) is 0 Å². The van der Waals surface area contributed by atoms with Crippen molar-refractivity contribution in [3.05, 3.63) is 23.5 Å². The van der Waals surface area contributed by atoms with Crippen molar-refractivity contribution in [1.29, 1.82) is 0 Å². The summed E-state index contributed by atoms with van der Waals surface area (Å²) in [6.45, 7) is 2.73.